The van der Waals surface area contributed by atoms with Crippen LogP contribution in [0.1, 0.15) is 17.4 Å². The molecule has 6 atom stereocenters. The predicted octanol–water partition coefficient (Wildman–Crippen LogP) is 2.69. The van der Waals surface area contributed by atoms with Crippen LogP contribution < -0.4 is 17.2 Å². The Hall–Kier alpha value is -5.32. The summed E-state index contributed by atoms with van der Waals surface area (Å²) in [4.78, 5) is 59.0. The smallest absolute Gasteiger partial charge is 0.454 e. The van der Waals surface area contributed by atoms with Gasteiger partial charge in [-0.3, -0.25) is 18.7 Å². The van der Waals surface area contributed by atoms with Crippen LogP contribution in [-0.2, 0) is 45.7 Å². The number of rotatable bonds is 12. The van der Waals surface area contributed by atoms with Crippen LogP contribution in [0.5, 0.6) is 0 Å². The molecule has 0 unspecified atom stereocenters. The van der Waals surface area contributed by atoms with Gasteiger partial charge in [-0.15, -0.1) is 0 Å². The number of carbonyl (C=O) groups excluding carboxylic acids is 2. The molecule has 2 aromatic heterocycles. The van der Waals surface area contributed by atoms with Crippen LogP contribution in [0.4, 0.5) is 5.82 Å². The van der Waals surface area contributed by atoms with E-state index in [4.69, 9.17) is 35.9 Å². The molecule has 7 rings (SSSR count). The van der Waals surface area contributed by atoms with Crippen LogP contribution in [0.25, 0.3) is 32.7 Å². The molecule has 3 heterocycles. The van der Waals surface area contributed by atoms with Gasteiger partial charge in [0, 0.05) is 0 Å². The molecule has 1 aliphatic rings. The third-order valence-electron chi connectivity index (χ3n) is 9.00. The normalized spacial score (nSPS) is 20.1. The highest BCUT2D eigenvalue weighted by molar-refractivity contribution is 7.46. The quantitative estimate of drug-likeness (QED) is 0.0893. The Bertz CT molecular complexity index is 2350. The van der Waals surface area contributed by atoms with Gasteiger partial charge >= 0.3 is 19.8 Å². The van der Waals surface area contributed by atoms with E-state index in [9.17, 15) is 23.9 Å². The number of esters is 2. The van der Waals surface area contributed by atoms with E-state index in [1.54, 1.807) is 0 Å². The summed E-state index contributed by atoms with van der Waals surface area (Å²) in [6.45, 7) is -0.764. The summed E-state index contributed by atoms with van der Waals surface area (Å²) in [6, 6.07) is 24.5. The van der Waals surface area contributed by atoms with Crippen LogP contribution in [0.3, 0.4) is 0 Å². The predicted molar refractivity (Wildman–Crippen MR) is 193 cm³/mol. The minimum atomic E-state index is -5.04. The summed E-state index contributed by atoms with van der Waals surface area (Å²) in [7, 11) is -5.04. The van der Waals surface area contributed by atoms with Gasteiger partial charge in [-0.1, -0.05) is 84.9 Å². The van der Waals surface area contributed by atoms with E-state index in [0.29, 0.717) is 0 Å². The Labute approximate surface area is 302 Å². The van der Waals surface area contributed by atoms with Gasteiger partial charge in [0.2, 0.25) is 0 Å². The van der Waals surface area contributed by atoms with Gasteiger partial charge < -0.3 is 41.2 Å². The minimum absolute atomic E-state index is 0.0572. The molecule has 1 aliphatic heterocycles. The number of nitrogens with zero attached hydrogens (tertiary/aromatic N) is 4. The first-order chi connectivity index (χ1) is 25.4. The summed E-state index contributed by atoms with van der Waals surface area (Å²) in [6.07, 6.45) is -2.94. The molecule has 8 N–H and O–H groups in total. The number of nitrogens with two attached hydrogens (primary N) is 3. The lowest BCUT2D eigenvalue weighted by atomic mass is 10.0. The maximum absolute atomic E-state index is 13.7. The fourth-order valence-electron chi connectivity index (χ4n) is 6.41. The topological polar surface area (TPSA) is 250 Å². The van der Waals surface area contributed by atoms with Crippen molar-refractivity contribution in [1.82, 2.24) is 19.5 Å². The lowest BCUT2D eigenvalue weighted by Crippen LogP contribution is -2.47. The number of aromatic nitrogens is 4. The van der Waals surface area contributed by atoms with E-state index in [1.807, 2.05) is 84.9 Å². The molecule has 6 aromatic rings. The van der Waals surface area contributed by atoms with Gasteiger partial charge in [0.1, 0.15) is 30.0 Å². The van der Waals surface area contributed by atoms with Crippen molar-refractivity contribution in [3.8, 4) is 0 Å². The molecule has 0 amide bonds. The second kappa shape index (κ2) is 15.0. The highest BCUT2D eigenvalue weighted by atomic mass is 31.2. The Morgan fingerprint density at radius 1 is 0.792 bits per heavy atom. The van der Waals surface area contributed by atoms with Crippen molar-refractivity contribution in [3.63, 3.8) is 0 Å². The SMILES string of the molecule is Nc1ncnc2c1ncn2[C@@H]1O[C@H](COP(=O)(O)O)[C@@H](OC(=O)[C@@H](N)Cc2ccc3ccccc3c2)[C@H]1OC(=O)[C@@H](N)Cc1ccc2ccccc2c1. The fraction of sp³-hybridized carbons (Fsp3) is 0.250. The number of imidazole rings is 1. The zero-order chi connectivity index (χ0) is 37.3. The first kappa shape index (κ1) is 36.1. The van der Waals surface area contributed by atoms with E-state index < -0.39 is 63.0 Å². The number of carbonyl (C=O) groups is 2. The summed E-state index contributed by atoms with van der Waals surface area (Å²) >= 11 is 0. The molecular weight excluding hydrogens is 705 g/mol. The summed E-state index contributed by atoms with van der Waals surface area (Å²) in [5.41, 5.74) is 20.7. The molecule has 53 heavy (non-hydrogen) atoms. The molecule has 17 heteroatoms. The number of ether oxygens (including phenoxy) is 3. The second-order valence-electron chi connectivity index (χ2n) is 12.7. The second-order valence-corrected chi connectivity index (χ2v) is 14.0. The standard InChI is InChI=1S/C36H36N7O9P/c37-26(15-20-9-11-22-5-1-3-7-24(22)13-20)35(44)51-30-28(17-49-53(46,47)48)50-34(43-19-42-29-32(39)40-18-41-33(29)43)31(30)52-36(45)27(38)16-21-10-12-23-6-2-4-8-25(23)14-21/h1-14,18-19,26-28,30-31,34H,15-17,37-38H2,(H2,39,40,41)(H2,46,47,48)/t26-,27-,28+,30+,31+,34+/m0/s1. The van der Waals surface area contributed by atoms with E-state index in [0.717, 1.165) is 32.7 Å². The fourth-order valence-corrected chi connectivity index (χ4v) is 6.75. The van der Waals surface area contributed by atoms with Crippen LogP contribution >= 0.6 is 7.82 Å². The van der Waals surface area contributed by atoms with Gasteiger partial charge in [-0.2, -0.15) is 0 Å². The molecule has 16 nitrogen and oxygen atoms in total. The van der Waals surface area contributed by atoms with Crippen LogP contribution in [-0.4, -0.2) is 78.2 Å². The molecule has 274 valence electrons. The Kier molecular flexibility index (Phi) is 10.2. The van der Waals surface area contributed by atoms with Gasteiger partial charge in [0.05, 0.1) is 12.9 Å². The molecule has 1 saturated heterocycles. The Balaban J connectivity index is 1.18. The van der Waals surface area contributed by atoms with Gasteiger partial charge in [-0.25, -0.2) is 19.5 Å². The van der Waals surface area contributed by atoms with Gasteiger partial charge in [0.25, 0.3) is 0 Å². The maximum Gasteiger partial charge on any atom is 0.469 e. The molecule has 1 fully saturated rings. The highest BCUT2D eigenvalue weighted by Gasteiger charge is 2.52. The molecular formula is C36H36N7O9P. The highest BCUT2D eigenvalue weighted by Crippen LogP contribution is 2.41. The zero-order valence-corrected chi connectivity index (χ0v) is 28.9. The monoisotopic (exact) mass is 741 g/mol. The molecule has 0 saturated carbocycles. The molecule has 0 bridgehead atoms. The minimum Gasteiger partial charge on any atom is -0.454 e. The number of anilines is 1. The first-order valence-electron chi connectivity index (χ1n) is 16.6. The Morgan fingerprint density at radius 3 is 1.91 bits per heavy atom. The maximum atomic E-state index is 13.7. The van der Waals surface area contributed by atoms with E-state index in [1.165, 1.54) is 17.2 Å². The molecule has 0 radical (unpaired) electrons. The average Bonchev–Trinajstić information content (AvgIpc) is 3.72. The van der Waals surface area contributed by atoms with E-state index in [-0.39, 0.29) is 29.8 Å². The third-order valence-corrected chi connectivity index (χ3v) is 9.49. The number of hydrogen-bond acceptors (Lipinski definition) is 13. The Morgan fingerprint density at radius 2 is 1.34 bits per heavy atom. The number of phosphoric acid groups is 1. The zero-order valence-electron chi connectivity index (χ0n) is 28.0. The van der Waals surface area contributed by atoms with E-state index in [2.05, 4.69) is 15.0 Å². The lowest BCUT2D eigenvalue weighted by Gasteiger charge is -2.27. The lowest BCUT2D eigenvalue weighted by molar-refractivity contribution is -0.170. The van der Waals surface area contributed by atoms with Crippen molar-refractivity contribution >= 4 is 58.3 Å². The van der Waals surface area contributed by atoms with E-state index >= 15 is 0 Å². The third kappa shape index (κ3) is 8.04. The average molecular weight is 742 g/mol. The number of fused-ring (bicyclic) bond motifs is 3. The number of phosphoric ester groups is 1. The van der Waals surface area contributed by atoms with Crippen molar-refractivity contribution in [2.45, 2.75) is 49.5 Å². The van der Waals surface area contributed by atoms with Gasteiger partial charge in [-0.05, 0) is 45.5 Å². The van der Waals surface area contributed by atoms with Crippen molar-refractivity contribution in [2.75, 3.05) is 12.3 Å². The number of hydrogen-bond donors (Lipinski definition) is 5. The van der Waals surface area contributed by atoms with Crippen LogP contribution in [0.2, 0.25) is 0 Å². The van der Waals surface area contributed by atoms with Crippen LogP contribution in [0.15, 0.2) is 97.6 Å². The van der Waals surface area contributed by atoms with Crippen LogP contribution in [0, 0.1) is 0 Å². The first-order valence-corrected chi connectivity index (χ1v) is 18.1. The number of nitrogen functional groups attached to an aromatic ring is 1. The summed E-state index contributed by atoms with van der Waals surface area (Å²) in [5, 5.41) is 3.94. The van der Waals surface area contributed by atoms with Crippen molar-refractivity contribution in [1.29, 1.82) is 0 Å². The van der Waals surface area contributed by atoms with Gasteiger partial charge in [0.15, 0.2) is 29.9 Å². The largest absolute Gasteiger partial charge is 0.469 e. The molecule has 0 aliphatic carbocycles. The summed E-state index contributed by atoms with van der Waals surface area (Å²) < 4.78 is 36.0. The van der Waals surface area contributed by atoms with Crippen molar-refractivity contribution < 1.29 is 42.7 Å². The van der Waals surface area contributed by atoms with Crippen molar-refractivity contribution in [2.24, 2.45) is 11.5 Å². The number of benzene rings is 4. The molecule has 4 aromatic carbocycles. The summed E-state index contributed by atoms with van der Waals surface area (Å²) in [5.74, 6) is -1.70. The van der Waals surface area contributed by atoms with Crippen molar-refractivity contribution in [3.05, 3.63) is 109 Å². The molecule has 0 spiro atoms.